The van der Waals surface area contributed by atoms with Crippen LogP contribution in [0.3, 0.4) is 0 Å². The Morgan fingerprint density at radius 2 is 1.53 bits per heavy atom. The van der Waals surface area contributed by atoms with Gasteiger partial charge in [-0.2, -0.15) is 0 Å². The molecule has 1 aliphatic heterocycles. The Hall–Kier alpha value is -2.48. The molecule has 7 nitrogen and oxygen atoms in total. The normalized spacial score (nSPS) is 14.9. The van der Waals surface area contributed by atoms with E-state index in [1.54, 1.807) is 39.5 Å². The van der Waals surface area contributed by atoms with Crippen LogP contribution in [-0.2, 0) is 11.3 Å². The van der Waals surface area contributed by atoms with Crippen molar-refractivity contribution in [1.82, 2.24) is 9.80 Å². The number of carbonyl (C=O) groups is 1. The van der Waals surface area contributed by atoms with Gasteiger partial charge in [0.05, 0.1) is 32.9 Å². The van der Waals surface area contributed by atoms with Gasteiger partial charge in [0, 0.05) is 38.4 Å². The molecule has 8 heteroatoms. The van der Waals surface area contributed by atoms with Crippen molar-refractivity contribution in [2.24, 2.45) is 0 Å². The Morgan fingerprint density at radius 1 is 0.900 bits per heavy atom. The molecule has 0 aliphatic carbocycles. The summed E-state index contributed by atoms with van der Waals surface area (Å²) in [6.45, 7) is 4.67. The molecule has 0 unspecified atom stereocenters. The van der Waals surface area contributed by atoms with Crippen molar-refractivity contribution in [3.63, 3.8) is 0 Å². The molecule has 1 amide bonds. The van der Waals surface area contributed by atoms with E-state index in [0.717, 1.165) is 44.2 Å². The molecule has 2 aromatic rings. The van der Waals surface area contributed by atoms with Crippen LogP contribution >= 0.6 is 11.6 Å². The lowest BCUT2D eigenvalue weighted by molar-refractivity contribution is -0.117. The molecule has 0 atom stereocenters. The van der Waals surface area contributed by atoms with Crippen molar-refractivity contribution in [2.75, 3.05) is 59.4 Å². The number of halogens is 1. The van der Waals surface area contributed by atoms with Crippen molar-refractivity contribution in [1.29, 1.82) is 0 Å². The van der Waals surface area contributed by atoms with Crippen LogP contribution in [0.2, 0.25) is 5.02 Å². The highest BCUT2D eigenvalue weighted by Crippen LogP contribution is 2.28. The lowest BCUT2D eigenvalue weighted by Gasteiger charge is -2.34. The van der Waals surface area contributed by atoms with Gasteiger partial charge in [0.15, 0.2) is 11.5 Å². The number of hydrogen-bond acceptors (Lipinski definition) is 6. The second-order valence-electron chi connectivity index (χ2n) is 7.14. The molecule has 162 valence electrons. The molecule has 0 spiro atoms. The number of nitrogens with zero attached hydrogens (tertiary/aromatic N) is 2. The molecule has 1 saturated heterocycles. The fourth-order valence-corrected chi connectivity index (χ4v) is 3.75. The summed E-state index contributed by atoms with van der Waals surface area (Å²) >= 11 is 6.12. The number of methoxy groups -OCH3 is 3. The molecule has 2 aromatic carbocycles. The first kappa shape index (κ1) is 22.2. The maximum absolute atomic E-state index is 12.4. The monoisotopic (exact) mass is 433 g/mol. The Balaban J connectivity index is 1.46. The van der Waals surface area contributed by atoms with E-state index in [1.807, 2.05) is 12.1 Å². The van der Waals surface area contributed by atoms with Crippen molar-refractivity contribution in [2.45, 2.75) is 6.54 Å². The minimum atomic E-state index is -0.0513. The summed E-state index contributed by atoms with van der Waals surface area (Å²) in [5.41, 5.74) is 1.84. The van der Waals surface area contributed by atoms with Gasteiger partial charge in [0.1, 0.15) is 5.75 Å². The molecular weight excluding hydrogens is 406 g/mol. The van der Waals surface area contributed by atoms with Crippen molar-refractivity contribution < 1.29 is 19.0 Å². The zero-order valence-corrected chi connectivity index (χ0v) is 18.4. The summed E-state index contributed by atoms with van der Waals surface area (Å²) in [7, 11) is 4.84. The molecule has 1 heterocycles. The van der Waals surface area contributed by atoms with Crippen molar-refractivity contribution in [3.05, 3.63) is 47.0 Å². The van der Waals surface area contributed by atoms with Crippen LogP contribution in [-0.4, -0.2) is 69.8 Å². The molecule has 1 fully saturated rings. The number of rotatable bonds is 8. The number of anilines is 1. The van der Waals surface area contributed by atoms with E-state index in [-0.39, 0.29) is 5.91 Å². The van der Waals surface area contributed by atoms with Crippen LogP contribution in [0.4, 0.5) is 5.69 Å². The number of hydrogen-bond donors (Lipinski definition) is 1. The van der Waals surface area contributed by atoms with E-state index in [2.05, 4.69) is 21.2 Å². The van der Waals surface area contributed by atoms with Crippen LogP contribution in [0.15, 0.2) is 36.4 Å². The summed E-state index contributed by atoms with van der Waals surface area (Å²) in [4.78, 5) is 16.9. The quantitative estimate of drug-likeness (QED) is 0.690. The first-order chi connectivity index (χ1) is 14.5. The van der Waals surface area contributed by atoms with Gasteiger partial charge >= 0.3 is 0 Å². The van der Waals surface area contributed by atoms with E-state index in [4.69, 9.17) is 25.8 Å². The minimum absolute atomic E-state index is 0.0513. The van der Waals surface area contributed by atoms with Crippen molar-refractivity contribution >= 4 is 23.2 Å². The first-order valence-corrected chi connectivity index (χ1v) is 10.2. The molecule has 1 aliphatic rings. The van der Waals surface area contributed by atoms with Gasteiger partial charge in [-0.3, -0.25) is 14.6 Å². The summed E-state index contributed by atoms with van der Waals surface area (Å²) in [5, 5.41) is 3.37. The molecule has 3 rings (SSSR count). The molecule has 0 aromatic heterocycles. The number of amides is 1. The zero-order valence-electron chi connectivity index (χ0n) is 17.6. The Labute approximate surface area is 182 Å². The summed E-state index contributed by atoms with van der Waals surface area (Å²) < 4.78 is 15.8. The van der Waals surface area contributed by atoms with E-state index in [9.17, 15) is 4.79 Å². The van der Waals surface area contributed by atoms with Crippen LogP contribution in [0.25, 0.3) is 0 Å². The average Bonchev–Trinajstić information content (AvgIpc) is 2.75. The smallest absolute Gasteiger partial charge is 0.238 e. The van der Waals surface area contributed by atoms with Gasteiger partial charge in [-0.05, 0) is 35.9 Å². The van der Waals surface area contributed by atoms with Gasteiger partial charge in [-0.25, -0.2) is 0 Å². The Kier molecular flexibility index (Phi) is 7.79. The third-order valence-corrected chi connectivity index (χ3v) is 5.42. The average molecular weight is 434 g/mol. The first-order valence-electron chi connectivity index (χ1n) is 9.81. The fraction of sp³-hybridized carbons (Fsp3) is 0.409. The van der Waals surface area contributed by atoms with E-state index in [0.29, 0.717) is 23.0 Å². The lowest BCUT2D eigenvalue weighted by atomic mass is 10.1. The Morgan fingerprint density at radius 3 is 2.17 bits per heavy atom. The highest BCUT2D eigenvalue weighted by atomic mass is 35.5. The topological polar surface area (TPSA) is 63.3 Å². The number of carbonyl (C=O) groups excluding carboxylic acids is 1. The molecule has 0 bridgehead atoms. The van der Waals surface area contributed by atoms with Gasteiger partial charge in [-0.1, -0.05) is 17.7 Å². The summed E-state index contributed by atoms with van der Waals surface area (Å²) in [6.07, 6.45) is 0. The number of piperazine rings is 1. The second kappa shape index (κ2) is 10.5. The molecule has 0 radical (unpaired) electrons. The molecule has 0 saturated carbocycles. The van der Waals surface area contributed by atoms with Crippen LogP contribution in [0.1, 0.15) is 5.56 Å². The summed E-state index contributed by atoms with van der Waals surface area (Å²) in [5.74, 6) is 2.00. The van der Waals surface area contributed by atoms with Crippen LogP contribution in [0, 0.1) is 0 Å². The van der Waals surface area contributed by atoms with Gasteiger partial charge in [0.25, 0.3) is 0 Å². The largest absolute Gasteiger partial charge is 0.495 e. The predicted molar refractivity (Wildman–Crippen MR) is 118 cm³/mol. The highest BCUT2D eigenvalue weighted by Gasteiger charge is 2.19. The van der Waals surface area contributed by atoms with E-state index >= 15 is 0 Å². The highest BCUT2D eigenvalue weighted by molar-refractivity contribution is 6.32. The van der Waals surface area contributed by atoms with Crippen LogP contribution < -0.4 is 19.5 Å². The van der Waals surface area contributed by atoms with E-state index < -0.39 is 0 Å². The maximum atomic E-state index is 12.4. The lowest BCUT2D eigenvalue weighted by Crippen LogP contribution is -2.48. The SMILES string of the molecule is COc1ccc(NC(=O)CN2CCN(Cc3ccc(OC)c(OC)c3)CC2)cc1Cl. The van der Waals surface area contributed by atoms with Gasteiger partial charge in [0.2, 0.25) is 5.91 Å². The third-order valence-electron chi connectivity index (χ3n) is 5.12. The van der Waals surface area contributed by atoms with Crippen LogP contribution in [0.5, 0.6) is 17.2 Å². The Bertz CT molecular complexity index is 869. The standard InChI is InChI=1S/C22H28ClN3O4/c1-28-19-7-5-17(13-18(19)23)24-22(27)15-26-10-8-25(9-11-26)14-16-4-6-20(29-2)21(12-16)30-3/h4-7,12-13H,8-11,14-15H2,1-3H3,(H,24,27). The number of ether oxygens (including phenoxy) is 3. The molecule has 30 heavy (non-hydrogen) atoms. The maximum Gasteiger partial charge on any atom is 0.238 e. The van der Waals surface area contributed by atoms with Crippen molar-refractivity contribution in [3.8, 4) is 17.2 Å². The second-order valence-corrected chi connectivity index (χ2v) is 7.55. The summed E-state index contributed by atoms with van der Waals surface area (Å²) in [6, 6.07) is 11.2. The van der Waals surface area contributed by atoms with E-state index in [1.165, 1.54) is 5.56 Å². The molecule has 1 N–H and O–H groups in total. The molecular formula is C22H28ClN3O4. The predicted octanol–water partition coefficient (Wildman–Crippen LogP) is 3.12. The van der Waals surface area contributed by atoms with Gasteiger partial charge < -0.3 is 19.5 Å². The third kappa shape index (κ3) is 5.78. The zero-order chi connectivity index (χ0) is 21.5. The minimum Gasteiger partial charge on any atom is -0.495 e. The van der Waals surface area contributed by atoms with Gasteiger partial charge in [-0.15, -0.1) is 0 Å². The number of nitrogens with one attached hydrogen (secondary N) is 1. The number of benzene rings is 2. The fourth-order valence-electron chi connectivity index (χ4n) is 3.49.